The number of hydrogen-bond acceptors (Lipinski definition) is 3. The van der Waals surface area contributed by atoms with Crippen molar-refractivity contribution >= 4 is 12.1 Å². The Kier molecular flexibility index (Phi) is 4.76. The maximum Gasteiger partial charge on any atom is 0.410 e. The van der Waals surface area contributed by atoms with Crippen LogP contribution >= 0.6 is 0 Å². The fourth-order valence-corrected chi connectivity index (χ4v) is 1.90. The van der Waals surface area contributed by atoms with E-state index < -0.39 is 11.6 Å². The Bertz CT molecular complexity index is 343. The molecule has 0 spiro atoms. The van der Waals surface area contributed by atoms with Gasteiger partial charge in [-0.15, -0.1) is 0 Å². The first-order valence-corrected chi connectivity index (χ1v) is 6.20. The first kappa shape index (κ1) is 14.5. The summed E-state index contributed by atoms with van der Waals surface area (Å²) < 4.78 is 5.32. The summed E-state index contributed by atoms with van der Waals surface area (Å²) in [5.41, 5.74) is -0.532. The van der Waals surface area contributed by atoms with E-state index in [1.807, 2.05) is 20.8 Å². The lowest BCUT2D eigenvalue weighted by atomic mass is 10.0. The molecule has 0 aromatic carbocycles. The lowest BCUT2D eigenvalue weighted by molar-refractivity contribution is -0.131. The van der Waals surface area contributed by atoms with Gasteiger partial charge in [0.2, 0.25) is 0 Å². The first-order chi connectivity index (χ1) is 8.29. The van der Waals surface area contributed by atoms with Crippen molar-refractivity contribution in [3.8, 4) is 0 Å². The molecule has 1 rings (SSSR count). The van der Waals surface area contributed by atoms with Gasteiger partial charge < -0.3 is 14.7 Å². The predicted molar refractivity (Wildman–Crippen MR) is 67.4 cm³/mol. The molecular formula is C13H21NO4. The van der Waals surface area contributed by atoms with Crippen LogP contribution in [0.4, 0.5) is 4.79 Å². The van der Waals surface area contributed by atoms with Gasteiger partial charge in [-0.25, -0.2) is 9.59 Å². The zero-order chi connectivity index (χ0) is 13.8. The number of aliphatic carboxylic acids is 1. The Labute approximate surface area is 107 Å². The molecule has 1 amide bonds. The molecule has 5 nitrogen and oxygen atoms in total. The zero-order valence-corrected chi connectivity index (χ0v) is 11.2. The molecule has 1 fully saturated rings. The summed E-state index contributed by atoms with van der Waals surface area (Å²) in [7, 11) is 0. The normalized spacial score (nSPS) is 21.1. The average molecular weight is 255 g/mol. The van der Waals surface area contributed by atoms with Crippen LogP contribution in [-0.4, -0.2) is 40.3 Å². The van der Waals surface area contributed by atoms with Gasteiger partial charge in [-0.1, -0.05) is 6.08 Å². The number of nitrogens with zero attached hydrogens (tertiary/aromatic N) is 1. The second-order valence-electron chi connectivity index (χ2n) is 5.43. The summed E-state index contributed by atoms with van der Waals surface area (Å²) in [5.74, 6) is -0.996. The predicted octanol–water partition coefficient (Wildman–Crippen LogP) is 2.42. The molecule has 0 bridgehead atoms. The minimum absolute atomic E-state index is 0.176. The Balaban J connectivity index is 2.70. The molecule has 0 aliphatic carbocycles. The highest BCUT2D eigenvalue weighted by Crippen LogP contribution is 2.21. The van der Waals surface area contributed by atoms with E-state index in [0.717, 1.165) is 25.3 Å². The summed E-state index contributed by atoms with van der Waals surface area (Å²) in [6, 6.07) is -0.176. The third kappa shape index (κ3) is 4.77. The molecule has 1 atom stereocenters. The number of amides is 1. The van der Waals surface area contributed by atoms with Crippen molar-refractivity contribution in [2.45, 2.75) is 51.7 Å². The van der Waals surface area contributed by atoms with E-state index in [4.69, 9.17) is 9.84 Å². The molecule has 0 aromatic rings. The van der Waals surface area contributed by atoms with E-state index in [-0.39, 0.29) is 12.1 Å². The summed E-state index contributed by atoms with van der Waals surface area (Å²) in [4.78, 5) is 24.1. The molecule has 0 radical (unpaired) electrons. The monoisotopic (exact) mass is 255 g/mol. The highest BCUT2D eigenvalue weighted by atomic mass is 16.6. The average Bonchev–Trinajstić information content (AvgIpc) is 2.24. The lowest BCUT2D eigenvalue weighted by Gasteiger charge is -2.35. The molecule has 0 unspecified atom stereocenters. The second-order valence-corrected chi connectivity index (χ2v) is 5.43. The van der Waals surface area contributed by atoms with E-state index in [1.54, 1.807) is 11.0 Å². The highest BCUT2D eigenvalue weighted by Gasteiger charge is 2.28. The number of carboxylic acid groups (broad SMARTS) is 1. The van der Waals surface area contributed by atoms with Gasteiger partial charge in [0.25, 0.3) is 0 Å². The maximum absolute atomic E-state index is 12.0. The minimum atomic E-state index is -0.996. The Hall–Kier alpha value is -1.52. The molecule has 1 aliphatic heterocycles. The number of carbonyl (C=O) groups is 2. The molecule has 1 heterocycles. The quantitative estimate of drug-likeness (QED) is 0.769. The maximum atomic E-state index is 12.0. The molecular weight excluding hydrogens is 234 g/mol. The van der Waals surface area contributed by atoms with Crippen LogP contribution in [0.2, 0.25) is 0 Å². The SMILES string of the molecule is CC(C)(C)OC(=O)N1CCCC[C@@H]1/C=C/C(=O)O. The summed E-state index contributed by atoms with van der Waals surface area (Å²) in [5, 5.41) is 8.63. The van der Waals surface area contributed by atoms with Gasteiger partial charge >= 0.3 is 12.1 Å². The van der Waals surface area contributed by atoms with E-state index in [2.05, 4.69) is 0 Å². The van der Waals surface area contributed by atoms with Crippen molar-refractivity contribution in [2.24, 2.45) is 0 Å². The van der Waals surface area contributed by atoms with E-state index >= 15 is 0 Å². The fraction of sp³-hybridized carbons (Fsp3) is 0.692. The van der Waals surface area contributed by atoms with Crippen LogP contribution in [0.15, 0.2) is 12.2 Å². The third-order valence-electron chi connectivity index (χ3n) is 2.64. The molecule has 1 aliphatic rings. The van der Waals surface area contributed by atoms with Crippen molar-refractivity contribution in [1.29, 1.82) is 0 Å². The Morgan fingerprint density at radius 3 is 2.56 bits per heavy atom. The second kappa shape index (κ2) is 5.89. The van der Waals surface area contributed by atoms with Crippen LogP contribution in [0.1, 0.15) is 40.0 Å². The molecule has 1 N–H and O–H groups in total. The Morgan fingerprint density at radius 2 is 2.00 bits per heavy atom. The van der Waals surface area contributed by atoms with Crippen LogP contribution in [0, 0.1) is 0 Å². The number of ether oxygens (including phenoxy) is 1. The smallest absolute Gasteiger partial charge is 0.410 e. The van der Waals surface area contributed by atoms with Gasteiger partial charge in [0.15, 0.2) is 0 Å². The number of likely N-dealkylation sites (tertiary alicyclic amines) is 1. The van der Waals surface area contributed by atoms with Crippen molar-refractivity contribution in [3.63, 3.8) is 0 Å². The van der Waals surface area contributed by atoms with Crippen LogP contribution < -0.4 is 0 Å². The van der Waals surface area contributed by atoms with E-state index in [1.165, 1.54) is 0 Å². The number of piperidine rings is 1. The van der Waals surface area contributed by atoms with Crippen molar-refractivity contribution < 1.29 is 19.4 Å². The first-order valence-electron chi connectivity index (χ1n) is 6.20. The van der Waals surface area contributed by atoms with Gasteiger partial charge in [0.05, 0.1) is 6.04 Å². The molecule has 0 saturated carbocycles. The standard InChI is InChI=1S/C13H21NO4/c1-13(2,3)18-12(17)14-9-5-4-6-10(14)7-8-11(15)16/h7-8,10H,4-6,9H2,1-3H3,(H,15,16)/b8-7+/t10-/m1/s1. The van der Waals surface area contributed by atoms with Crippen LogP contribution in [0.25, 0.3) is 0 Å². The minimum Gasteiger partial charge on any atom is -0.478 e. The molecule has 102 valence electrons. The molecule has 1 saturated heterocycles. The van der Waals surface area contributed by atoms with Gasteiger partial charge in [-0.05, 0) is 40.0 Å². The van der Waals surface area contributed by atoms with Gasteiger partial charge in [-0.2, -0.15) is 0 Å². The van der Waals surface area contributed by atoms with Gasteiger partial charge in [0, 0.05) is 12.6 Å². The fourth-order valence-electron chi connectivity index (χ4n) is 1.90. The molecule has 18 heavy (non-hydrogen) atoms. The largest absolute Gasteiger partial charge is 0.478 e. The highest BCUT2D eigenvalue weighted by molar-refractivity contribution is 5.80. The Morgan fingerprint density at radius 1 is 1.33 bits per heavy atom. The topological polar surface area (TPSA) is 66.8 Å². The number of carboxylic acids is 1. The zero-order valence-electron chi connectivity index (χ0n) is 11.2. The van der Waals surface area contributed by atoms with Gasteiger partial charge in [0.1, 0.15) is 5.60 Å². The third-order valence-corrected chi connectivity index (χ3v) is 2.64. The van der Waals surface area contributed by atoms with Crippen molar-refractivity contribution in [2.75, 3.05) is 6.54 Å². The van der Waals surface area contributed by atoms with Gasteiger partial charge in [-0.3, -0.25) is 0 Å². The van der Waals surface area contributed by atoms with Crippen LogP contribution in [0.3, 0.4) is 0 Å². The van der Waals surface area contributed by atoms with E-state index in [9.17, 15) is 9.59 Å². The van der Waals surface area contributed by atoms with E-state index in [0.29, 0.717) is 6.54 Å². The summed E-state index contributed by atoms with van der Waals surface area (Å²) >= 11 is 0. The lowest BCUT2D eigenvalue weighted by Crippen LogP contribution is -2.45. The molecule has 0 aromatic heterocycles. The number of rotatable bonds is 2. The number of hydrogen-bond donors (Lipinski definition) is 1. The number of carbonyl (C=O) groups excluding carboxylic acids is 1. The van der Waals surface area contributed by atoms with Crippen molar-refractivity contribution in [3.05, 3.63) is 12.2 Å². The summed E-state index contributed by atoms with van der Waals surface area (Å²) in [6.45, 7) is 6.06. The summed E-state index contributed by atoms with van der Waals surface area (Å²) in [6.07, 6.45) is 4.98. The molecule has 5 heteroatoms. The van der Waals surface area contributed by atoms with Crippen molar-refractivity contribution in [1.82, 2.24) is 4.90 Å². The van der Waals surface area contributed by atoms with Crippen LogP contribution in [0.5, 0.6) is 0 Å². The van der Waals surface area contributed by atoms with Crippen LogP contribution in [-0.2, 0) is 9.53 Å².